The molecule has 2 N–H and O–H groups in total. The van der Waals surface area contributed by atoms with Crippen LogP contribution in [-0.4, -0.2) is 23.9 Å². The molecule has 0 fully saturated rings. The van der Waals surface area contributed by atoms with Gasteiger partial charge < -0.3 is 15.4 Å². The Labute approximate surface area is 167 Å². The highest BCUT2D eigenvalue weighted by Crippen LogP contribution is 2.17. The molecule has 7 heteroatoms. The Hall–Kier alpha value is -3.38. The lowest BCUT2D eigenvalue weighted by molar-refractivity contribution is 0.0945. The highest BCUT2D eigenvalue weighted by Gasteiger charge is 2.13. The van der Waals surface area contributed by atoms with Crippen molar-refractivity contribution in [1.82, 2.24) is 10.3 Å². The van der Waals surface area contributed by atoms with Crippen molar-refractivity contribution in [2.45, 2.75) is 6.54 Å². The van der Waals surface area contributed by atoms with E-state index in [1.165, 1.54) is 0 Å². The number of anilines is 1. The van der Waals surface area contributed by atoms with Gasteiger partial charge in [0.25, 0.3) is 11.8 Å². The van der Waals surface area contributed by atoms with Crippen LogP contribution in [0.15, 0.2) is 66.7 Å². The van der Waals surface area contributed by atoms with Crippen LogP contribution in [-0.2, 0) is 6.54 Å². The molecule has 0 aliphatic rings. The lowest BCUT2D eigenvalue weighted by atomic mass is 10.2. The molecule has 1 heterocycles. The lowest BCUT2D eigenvalue weighted by Crippen LogP contribution is -2.25. The quantitative estimate of drug-likeness (QED) is 0.662. The van der Waals surface area contributed by atoms with Crippen LogP contribution in [0.25, 0.3) is 0 Å². The SMILES string of the molecule is COc1cccc(NC(=O)c2cccc(C(=O)NCc3ccc(Cl)cc3)n2)c1. The molecule has 28 heavy (non-hydrogen) atoms. The Bertz CT molecular complexity index is 990. The van der Waals surface area contributed by atoms with Crippen LogP contribution in [0.4, 0.5) is 5.69 Å². The molecule has 0 saturated heterocycles. The number of carbonyl (C=O) groups is 2. The van der Waals surface area contributed by atoms with E-state index >= 15 is 0 Å². The number of halogens is 1. The van der Waals surface area contributed by atoms with Crippen LogP contribution in [0, 0.1) is 0 Å². The normalized spacial score (nSPS) is 10.2. The zero-order valence-corrected chi connectivity index (χ0v) is 15.9. The van der Waals surface area contributed by atoms with E-state index in [-0.39, 0.29) is 17.3 Å². The summed E-state index contributed by atoms with van der Waals surface area (Å²) in [6.07, 6.45) is 0. The summed E-state index contributed by atoms with van der Waals surface area (Å²) in [7, 11) is 1.55. The predicted octanol–water partition coefficient (Wildman–Crippen LogP) is 3.93. The molecule has 0 atom stereocenters. The molecule has 3 aromatic rings. The third-order valence-corrected chi connectivity index (χ3v) is 4.16. The van der Waals surface area contributed by atoms with Gasteiger partial charge in [0.2, 0.25) is 0 Å². The number of nitrogens with zero attached hydrogens (tertiary/aromatic N) is 1. The first-order valence-electron chi connectivity index (χ1n) is 8.50. The molecule has 142 valence electrons. The third kappa shape index (κ3) is 5.08. The summed E-state index contributed by atoms with van der Waals surface area (Å²) >= 11 is 5.85. The van der Waals surface area contributed by atoms with Crippen LogP contribution >= 0.6 is 11.6 Å². The third-order valence-electron chi connectivity index (χ3n) is 3.91. The number of methoxy groups -OCH3 is 1. The van der Waals surface area contributed by atoms with Crippen LogP contribution in [0.1, 0.15) is 26.5 Å². The number of pyridine rings is 1. The topological polar surface area (TPSA) is 80.3 Å². The van der Waals surface area contributed by atoms with Crippen molar-refractivity contribution in [2.24, 2.45) is 0 Å². The molecule has 0 bridgehead atoms. The van der Waals surface area contributed by atoms with E-state index in [1.54, 1.807) is 61.7 Å². The first-order chi connectivity index (χ1) is 13.5. The fourth-order valence-corrected chi connectivity index (χ4v) is 2.58. The summed E-state index contributed by atoms with van der Waals surface area (Å²) in [4.78, 5) is 29.0. The van der Waals surface area contributed by atoms with Crippen molar-refractivity contribution >= 4 is 29.1 Å². The summed E-state index contributed by atoms with van der Waals surface area (Å²) < 4.78 is 5.14. The zero-order valence-electron chi connectivity index (χ0n) is 15.1. The van der Waals surface area contributed by atoms with E-state index in [2.05, 4.69) is 15.6 Å². The minimum Gasteiger partial charge on any atom is -0.497 e. The number of hydrogen-bond acceptors (Lipinski definition) is 4. The number of ether oxygens (including phenoxy) is 1. The van der Waals surface area contributed by atoms with Crippen molar-refractivity contribution in [1.29, 1.82) is 0 Å². The first kappa shape index (κ1) is 19.4. The number of amides is 2. The monoisotopic (exact) mass is 395 g/mol. The van der Waals surface area contributed by atoms with E-state index in [1.807, 2.05) is 12.1 Å². The highest BCUT2D eigenvalue weighted by atomic mass is 35.5. The van der Waals surface area contributed by atoms with Gasteiger partial charge in [-0.05, 0) is 42.0 Å². The van der Waals surface area contributed by atoms with Gasteiger partial charge in [0, 0.05) is 23.3 Å². The maximum Gasteiger partial charge on any atom is 0.274 e. The smallest absolute Gasteiger partial charge is 0.274 e. The predicted molar refractivity (Wildman–Crippen MR) is 108 cm³/mol. The molecule has 3 rings (SSSR count). The second kappa shape index (κ2) is 9.01. The summed E-state index contributed by atoms with van der Waals surface area (Å²) in [5, 5.41) is 6.14. The minimum atomic E-state index is -0.416. The van der Waals surface area contributed by atoms with Gasteiger partial charge in [-0.3, -0.25) is 9.59 Å². The molecule has 0 aliphatic carbocycles. The van der Waals surface area contributed by atoms with Crippen molar-refractivity contribution < 1.29 is 14.3 Å². The van der Waals surface area contributed by atoms with Gasteiger partial charge in [-0.2, -0.15) is 0 Å². The fraction of sp³-hybridized carbons (Fsp3) is 0.0952. The number of rotatable bonds is 6. The van der Waals surface area contributed by atoms with Crippen LogP contribution < -0.4 is 15.4 Å². The van der Waals surface area contributed by atoms with Crippen molar-refractivity contribution in [3.8, 4) is 5.75 Å². The maximum absolute atomic E-state index is 12.4. The molecule has 2 aromatic carbocycles. The fourth-order valence-electron chi connectivity index (χ4n) is 2.46. The average Bonchev–Trinajstić information content (AvgIpc) is 2.73. The molecule has 1 aromatic heterocycles. The van der Waals surface area contributed by atoms with Crippen LogP contribution in [0.3, 0.4) is 0 Å². The molecule has 0 aliphatic heterocycles. The van der Waals surface area contributed by atoms with Gasteiger partial charge in [0.1, 0.15) is 17.1 Å². The van der Waals surface area contributed by atoms with Gasteiger partial charge in [-0.25, -0.2) is 4.98 Å². The molecule has 0 saturated carbocycles. The van der Waals surface area contributed by atoms with Crippen molar-refractivity contribution in [3.05, 3.63) is 88.7 Å². The number of nitrogens with one attached hydrogen (secondary N) is 2. The highest BCUT2D eigenvalue weighted by molar-refractivity contribution is 6.30. The molecule has 0 unspecified atom stereocenters. The standard InChI is InChI=1S/C21H18ClN3O3/c1-28-17-5-2-4-16(12-17)24-21(27)19-7-3-6-18(25-19)20(26)23-13-14-8-10-15(22)11-9-14/h2-12H,13H2,1H3,(H,23,26)(H,24,27). The lowest BCUT2D eigenvalue weighted by Gasteiger charge is -2.08. The number of hydrogen-bond donors (Lipinski definition) is 2. The molecule has 2 amide bonds. The van der Waals surface area contributed by atoms with E-state index < -0.39 is 5.91 Å². The largest absolute Gasteiger partial charge is 0.497 e. The zero-order chi connectivity index (χ0) is 19.9. The maximum atomic E-state index is 12.4. The van der Waals surface area contributed by atoms with Gasteiger partial charge >= 0.3 is 0 Å². The van der Waals surface area contributed by atoms with Gasteiger partial charge in [0.05, 0.1) is 7.11 Å². The first-order valence-corrected chi connectivity index (χ1v) is 8.88. The molecular formula is C21H18ClN3O3. The van der Waals surface area contributed by atoms with E-state index in [9.17, 15) is 9.59 Å². The van der Waals surface area contributed by atoms with Crippen LogP contribution in [0.5, 0.6) is 5.75 Å². The second-order valence-corrected chi connectivity index (χ2v) is 6.34. The number of carbonyl (C=O) groups excluding carboxylic acids is 2. The summed E-state index contributed by atoms with van der Waals surface area (Å²) in [5.41, 5.74) is 1.78. The minimum absolute atomic E-state index is 0.141. The van der Waals surface area contributed by atoms with Crippen molar-refractivity contribution in [2.75, 3.05) is 12.4 Å². The summed E-state index contributed by atoms with van der Waals surface area (Å²) in [6.45, 7) is 0.331. The Morgan fingerprint density at radius 1 is 0.964 bits per heavy atom. The van der Waals surface area contributed by atoms with E-state index in [0.717, 1.165) is 5.56 Å². The molecule has 0 radical (unpaired) electrons. The number of aromatic nitrogens is 1. The molecular weight excluding hydrogens is 378 g/mol. The van der Waals surface area contributed by atoms with Gasteiger partial charge in [0.15, 0.2) is 0 Å². The Morgan fingerprint density at radius 3 is 2.36 bits per heavy atom. The second-order valence-electron chi connectivity index (χ2n) is 5.90. The Balaban J connectivity index is 1.65. The summed E-state index contributed by atoms with van der Waals surface area (Å²) in [5.74, 6) is -0.160. The molecule has 0 spiro atoms. The van der Waals surface area contributed by atoms with Gasteiger partial charge in [-0.15, -0.1) is 0 Å². The number of benzene rings is 2. The Kier molecular flexibility index (Phi) is 6.24. The van der Waals surface area contributed by atoms with Gasteiger partial charge in [-0.1, -0.05) is 35.9 Å². The summed E-state index contributed by atoms with van der Waals surface area (Å²) in [6, 6.07) is 18.9. The van der Waals surface area contributed by atoms with Crippen LogP contribution in [0.2, 0.25) is 5.02 Å². The van der Waals surface area contributed by atoms with E-state index in [0.29, 0.717) is 23.0 Å². The average molecular weight is 396 g/mol. The van der Waals surface area contributed by atoms with E-state index in [4.69, 9.17) is 16.3 Å². The van der Waals surface area contributed by atoms with Crippen molar-refractivity contribution in [3.63, 3.8) is 0 Å². The Morgan fingerprint density at radius 2 is 1.64 bits per heavy atom. The molecule has 6 nitrogen and oxygen atoms in total.